The minimum atomic E-state index is -4.10. The van der Waals surface area contributed by atoms with Gasteiger partial charge < -0.3 is 10.2 Å². The van der Waals surface area contributed by atoms with Crippen molar-refractivity contribution in [1.82, 2.24) is 10.2 Å². The summed E-state index contributed by atoms with van der Waals surface area (Å²) in [5.74, 6) is -0.706. The molecule has 3 rings (SSSR count). The lowest BCUT2D eigenvalue weighted by Crippen LogP contribution is -2.53. The van der Waals surface area contributed by atoms with Crippen molar-refractivity contribution >= 4 is 39.3 Å². The summed E-state index contributed by atoms with van der Waals surface area (Å²) in [6, 6.07) is 20.6. The molecular weight excluding hydrogens is 555 g/mol. The van der Waals surface area contributed by atoms with E-state index in [0.29, 0.717) is 12.1 Å². The number of thioether (sulfide) groups is 1. The van der Waals surface area contributed by atoms with Crippen LogP contribution in [0.1, 0.15) is 50.3 Å². The van der Waals surface area contributed by atoms with Crippen LogP contribution >= 0.6 is 11.8 Å². The molecule has 0 saturated heterocycles. The van der Waals surface area contributed by atoms with E-state index < -0.39 is 28.5 Å². The summed E-state index contributed by atoms with van der Waals surface area (Å²) in [4.78, 5) is 30.1. The number of sulfonamides is 1. The highest BCUT2D eigenvalue weighted by Crippen LogP contribution is 2.27. The zero-order chi connectivity index (χ0) is 30.2. The normalized spacial score (nSPS) is 12.8. The van der Waals surface area contributed by atoms with Gasteiger partial charge in [0.05, 0.1) is 10.6 Å². The Bertz CT molecular complexity index is 1420. The van der Waals surface area contributed by atoms with Crippen LogP contribution in [0.25, 0.3) is 0 Å². The molecule has 3 aromatic carbocycles. The lowest BCUT2D eigenvalue weighted by atomic mass is 10.1. The summed E-state index contributed by atoms with van der Waals surface area (Å²) in [5.41, 5.74) is 3.25. The van der Waals surface area contributed by atoms with Crippen LogP contribution in [0.5, 0.6) is 0 Å². The SMILES string of the molecule is CC[C@@H](C)NC(=O)[C@@H](CC)N(Cc1cccc(C)c1)C(=O)CN(c1ccc(C)cc1)S(=O)(=O)c1ccc(SC)cc1. The van der Waals surface area contributed by atoms with Crippen LogP contribution in [0.4, 0.5) is 5.69 Å². The van der Waals surface area contributed by atoms with E-state index in [2.05, 4.69) is 5.32 Å². The van der Waals surface area contributed by atoms with Crippen molar-refractivity contribution in [2.75, 3.05) is 17.1 Å². The molecule has 220 valence electrons. The van der Waals surface area contributed by atoms with Crippen molar-refractivity contribution in [3.8, 4) is 0 Å². The third kappa shape index (κ3) is 8.36. The van der Waals surface area contributed by atoms with E-state index >= 15 is 0 Å². The zero-order valence-electron chi connectivity index (χ0n) is 24.8. The van der Waals surface area contributed by atoms with Gasteiger partial charge in [-0.05, 0) is 81.8 Å². The van der Waals surface area contributed by atoms with E-state index in [1.165, 1.54) is 16.7 Å². The quantitative estimate of drug-likeness (QED) is 0.247. The molecule has 0 aliphatic carbocycles. The molecule has 0 saturated carbocycles. The number of carbonyl (C=O) groups is 2. The molecule has 2 amide bonds. The summed E-state index contributed by atoms with van der Waals surface area (Å²) in [6.45, 7) is 9.38. The van der Waals surface area contributed by atoms with Gasteiger partial charge >= 0.3 is 0 Å². The van der Waals surface area contributed by atoms with Crippen molar-refractivity contribution < 1.29 is 18.0 Å². The number of nitrogens with zero attached hydrogens (tertiary/aromatic N) is 2. The summed E-state index contributed by atoms with van der Waals surface area (Å²) < 4.78 is 29.2. The number of rotatable bonds is 13. The summed E-state index contributed by atoms with van der Waals surface area (Å²) in [6.07, 6.45) is 3.06. The van der Waals surface area contributed by atoms with Gasteiger partial charge in [0.25, 0.3) is 10.0 Å². The lowest BCUT2D eigenvalue weighted by molar-refractivity contribution is -0.140. The number of amides is 2. The number of hydrogen-bond donors (Lipinski definition) is 1. The molecule has 0 aromatic heterocycles. The molecule has 0 fully saturated rings. The maximum Gasteiger partial charge on any atom is 0.264 e. The predicted molar refractivity (Wildman–Crippen MR) is 168 cm³/mol. The fourth-order valence-corrected chi connectivity index (χ4v) is 6.30. The van der Waals surface area contributed by atoms with Crippen molar-refractivity contribution in [3.63, 3.8) is 0 Å². The number of carbonyl (C=O) groups excluding carboxylic acids is 2. The molecule has 0 bridgehead atoms. The Morgan fingerprint density at radius 1 is 0.902 bits per heavy atom. The summed E-state index contributed by atoms with van der Waals surface area (Å²) in [7, 11) is -4.10. The van der Waals surface area contributed by atoms with Crippen LogP contribution in [0.15, 0.2) is 82.6 Å². The molecule has 41 heavy (non-hydrogen) atoms. The molecule has 0 heterocycles. The molecule has 2 atom stereocenters. The highest BCUT2D eigenvalue weighted by atomic mass is 32.2. The Balaban J connectivity index is 2.05. The van der Waals surface area contributed by atoms with Gasteiger partial charge in [-0.3, -0.25) is 13.9 Å². The van der Waals surface area contributed by atoms with E-state index in [-0.39, 0.29) is 23.4 Å². The zero-order valence-corrected chi connectivity index (χ0v) is 26.4. The Kier molecular flexibility index (Phi) is 11.4. The lowest BCUT2D eigenvalue weighted by Gasteiger charge is -2.33. The van der Waals surface area contributed by atoms with Crippen LogP contribution in [-0.4, -0.2) is 50.0 Å². The number of hydrogen-bond acceptors (Lipinski definition) is 5. The van der Waals surface area contributed by atoms with Crippen LogP contribution in [0, 0.1) is 13.8 Å². The Morgan fingerprint density at radius 3 is 2.12 bits per heavy atom. The topological polar surface area (TPSA) is 86.8 Å². The van der Waals surface area contributed by atoms with E-state index in [9.17, 15) is 18.0 Å². The van der Waals surface area contributed by atoms with E-state index in [0.717, 1.165) is 32.3 Å². The number of nitrogens with one attached hydrogen (secondary N) is 1. The fourth-order valence-electron chi connectivity index (χ4n) is 4.48. The van der Waals surface area contributed by atoms with Gasteiger partial charge in [0.2, 0.25) is 11.8 Å². The van der Waals surface area contributed by atoms with E-state index in [1.807, 2.05) is 77.3 Å². The Morgan fingerprint density at radius 2 is 1.56 bits per heavy atom. The highest BCUT2D eigenvalue weighted by molar-refractivity contribution is 7.98. The third-order valence-electron chi connectivity index (χ3n) is 7.07. The molecule has 0 aliphatic rings. The predicted octanol–water partition coefficient (Wildman–Crippen LogP) is 5.94. The van der Waals surface area contributed by atoms with Gasteiger partial charge in [-0.15, -0.1) is 11.8 Å². The van der Waals surface area contributed by atoms with Crippen molar-refractivity contribution in [2.24, 2.45) is 0 Å². The molecule has 0 aliphatic heterocycles. The maximum atomic E-state index is 14.2. The van der Waals surface area contributed by atoms with Gasteiger partial charge in [-0.25, -0.2) is 8.42 Å². The number of benzene rings is 3. The third-order valence-corrected chi connectivity index (χ3v) is 9.60. The molecule has 9 heteroatoms. The van der Waals surface area contributed by atoms with Gasteiger partial charge in [-0.1, -0.05) is 61.4 Å². The average molecular weight is 596 g/mol. The van der Waals surface area contributed by atoms with Crippen LogP contribution in [-0.2, 0) is 26.2 Å². The molecule has 1 N–H and O–H groups in total. The minimum absolute atomic E-state index is 0.0545. The first kappa shape index (κ1) is 32.2. The fraction of sp³-hybridized carbons (Fsp3) is 0.375. The Labute approximate surface area is 249 Å². The summed E-state index contributed by atoms with van der Waals surface area (Å²) in [5, 5.41) is 3.00. The van der Waals surface area contributed by atoms with Gasteiger partial charge in [0.15, 0.2) is 0 Å². The van der Waals surface area contributed by atoms with E-state index in [4.69, 9.17) is 0 Å². The first-order valence-corrected chi connectivity index (χ1v) is 16.5. The molecular formula is C32H41N3O4S2. The standard InChI is InChI=1S/C32H41N3O4S2/c1-7-25(5)33-32(37)30(8-2)34(21-26-11-9-10-24(4)20-26)31(36)22-35(27-14-12-23(3)13-15-27)41(38,39)29-18-16-28(40-6)17-19-29/h9-20,25,30H,7-8,21-22H2,1-6H3,(H,33,37)/t25-,30-/m1/s1. The van der Waals surface area contributed by atoms with Gasteiger partial charge in [-0.2, -0.15) is 0 Å². The second-order valence-corrected chi connectivity index (χ2v) is 13.0. The molecule has 0 unspecified atom stereocenters. The smallest absolute Gasteiger partial charge is 0.264 e. The average Bonchev–Trinajstić information content (AvgIpc) is 2.96. The molecule has 0 radical (unpaired) electrons. The van der Waals surface area contributed by atoms with Crippen molar-refractivity contribution in [2.45, 2.75) is 75.9 Å². The van der Waals surface area contributed by atoms with Crippen LogP contribution in [0.3, 0.4) is 0 Å². The van der Waals surface area contributed by atoms with Crippen molar-refractivity contribution in [3.05, 3.63) is 89.5 Å². The second-order valence-electron chi connectivity index (χ2n) is 10.3. The number of aryl methyl sites for hydroxylation is 2. The monoisotopic (exact) mass is 595 g/mol. The largest absolute Gasteiger partial charge is 0.352 e. The van der Waals surface area contributed by atoms with Gasteiger partial charge in [0.1, 0.15) is 12.6 Å². The van der Waals surface area contributed by atoms with Crippen molar-refractivity contribution in [1.29, 1.82) is 0 Å². The first-order chi connectivity index (χ1) is 19.5. The molecule has 0 spiro atoms. The molecule has 7 nitrogen and oxygen atoms in total. The van der Waals surface area contributed by atoms with Gasteiger partial charge in [0, 0.05) is 17.5 Å². The van der Waals surface area contributed by atoms with E-state index in [1.54, 1.807) is 36.4 Å². The number of anilines is 1. The second kappa shape index (κ2) is 14.5. The van der Waals surface area contributed by atoms with Crippen LogP contribution < -0.4 is 9.62 Å². The Hall–Kier alpha value is -3.30. The maximum absolute atomic E-state index is 14.2. The molecule has 3 aromatic rings. The first-order valence-electron chi connectivity index (χ1n) is 13.9. The minimum Gasteiger partial charge on any atom is -0.352 e. The summed E-state index contributed by atoms with van der Waals surface area (Å²) >= 11 is 1.52. The highest BCUT2D eigenvalue weighted by Gasteiger charge is 2.34. The van der Waals surface area contributed by atoms with Crippen LogP contribution in [0.2, 0.25) is 0 Å².